The summed E-state index contributed by atoms with van der Waals surface area (Å²) in [4.78, 5) is 11.0. The van der Waals surface area contributed by atoms with Gasteiger partial charge in [-0.3, -0.25) is 10.1 Å². The lowest BCUT2D eigenvalue weighted by molar-refractivity contribution is -0.538. The molecule has 0 aromatic carbocycles. The average molecular weight is 194 g/mol. The topological polar surface area (TPSA) is 101 Å². The van der Waals surface area contributed by atoms with Crippen LogP contribution >= 0.6 is 0 Å². The summed E-state index contributed by atoms with van der Waals surface area (Å²) < 4.78 is 1.49. The van der Waals surface area contributed by atoms with Crippen LogP contribution in [0.15, 0.2) is 24.0 Å². The molecule has 1 rings (SSSR count). The van der Waals surface area contributed by atoms with Crippen molar-refractivity contribution in [3.8, 4) is 0 Å². The van der Waals surface area contributed by atoms with Crippen LogP contribution in [0.4, 0.5) is 0 Å². The van der Waals surface area contributed by atoms with Crippen molar-refractivity contribution in [2.45, 2.75) is 0 Å². The third-order valence-electron chi connectivity index (χ3n) is 1.71. The number of amides is 1. The first-order valence-electron chi connectivity index (χ1n) is 4.04. The van der Waals surface area contributed by atoms with Crippen molar-refractivity contribution < 1.29 is 10.1 Å². The average Bonchev–Trinajstić information content (AvgIpc) is 2.65. The number of nitrogens with two attached hydrogens (primary N) is 2. The number of nitrogens with zero attached hydrogens (tertiary/aromatic N) is 2. The fraction of sp³-hybridized carbons (Fsp3) is 0.125. The molecule has 0 atom stereocenters. The van der Waals surface area contributed by atoms with Crippen molar-refractivity contribution in [3.63, 3.8) is 0 Å². The number of aromatic nitrogens is 2. The molecule has 5 N–H and O–H groups in total. The summed E-state index contributed by atoms with van der Waals surface area (Å²) >= 11 is 0. The van der Waals surface area contributed by atoms with Crippen molar-refractivity contribution >= 4 is 17.9 Å². The van der Waals surface area contributed by atoms with E-state index < -0.39 is 5.91 Å². The van der Waals surface area contributed by atoms with Crippen LogP contribution < -0.4 is 11.1 Å². The number of carbonyl (C=O) groups is 1. The zero-order valence-electron chi connectivity index (χ0n) is 7.77. The number of rotatable bonds is 4. The molecular weight excluding hydrogens is 182 g/mol. The Morgan fingerprint density at radius 1 is 1.71 bits per heavy atom. The highest BCUT2D eigenvalue weighted by atomic mass is 16.1. The monoisotopic (exact) mass is 194 g/mol. The number of hydrogen-bond acceptors (Lipinski definition) is 3. The Labute approximate surface area is 80.9 Å². The molecule has 1 amide bonds. The van der Waals surface area contributed by atoms with E-state index in [1.165, 1.54) is 4.68 Å². The summed E-state index contributed by atoms with van der Waals surface area (Å²) in [5, 5.41) is 12.7. The minimum Gasteiger partial charge on any atom is -0.365 e. The summed E-state index contributed by atoms with van der Waals surface area (Å²) in [5.41, 5.74) is 5.26. The van der Waals surface area contributed by atoms with Crippen LogP contribution in [0.1, 0.15) is 0 Å². The van der Waals surface area contributed by atoms with Crippen molar-refractivity contribution in [2.24, 2.45) is 5.73 Å². The second-order valence-electron chi connectivity index (χ2n) is 2.55. The summed E-state index contributed by atoms with van der Waals surface area (Å²) in [6, 6.07) is 1.73. The largest absolute Gasteiger partial charge is 0.365 e. The summed E-state index contributed by atoms with van der Waals surface area (Å²) in [6.45, 7) is 0. The van der Waals surface area contributed by atoms with Crippen LogP contribution in [0.3, 0.4) is 0 Å². The predicted octanol–water partition coefficient (Wildman–Crippen LogP) is -1.62. The maximum atomic E-state index is 11.0. The van der Waals surface area contributed by atoms with E-state index >= 15 is 0 Å². The van der Waals surface area contributed by atoms with Gasteiger partial charge >= 0.3 is 0 Å². The Bertz CT molecular complexity index is 365. The van der Waals surface area contributed by atoms with E-state index in [0.29, 0.717) is 5.82 Å². The fourth-order valence-electron chi connectivity index (χ4n) is 1.09. The molecule has 0 aliphatic rings. The molecular formula is C8H12N5O+. The molecule has 0 aliphatic carbocycles. The van der Waals surface area contributed by atoms with Crippen LogP contribution in [0.2, 0.25) is 0 Å². The highest BCUT2D eigenvalue weighted by Gasteiger charge is 2.14. The highest BCUT2D eigenvalue weighted by molar-refractivity contribution is 6.14. The number of quaternary nitrogens is 1. The predicted molar refractivity (Wildman–Crippen MR) is 51.3 cm³/mol. The lowest BCUT2D eigenvalue weighted by atomic mass is 10.2. The van der Waals surface area contributed by atoms with E-state index in [9.17, 15) is 4.79 Å². The van der Waals surface area contributed by atoms with Gasteiger partial charge in [-0.2, -0.15) is 9.78 Å². The van der Waals surface area contributed by atoms with Gasteiger partial charge < -0.3 is 11.1 Å². The number of primary amides is 1. The lowest BCUT2D eigenvalue weighted by Crippen LogP contribution is -2.78. The van der Waals surface area contributed by atoms with Crippen LogP contribution in [0.25, 0.3) is 5.82 Å². The van der Waals surface area contributed by atoms with Gasteiger partial charge in [-0.15, -0.1) is 0 Å². The first-order chi connectivity index (χ1) is 6.70. The molecule has 0 unspecified atom stereocenters. The Kier molecular flexibility index (Phi) is 3.14. The van der Waals surface area contributed by atoms with Crippen molar-refractivity contribution in [3.05, 3.63) is 24.0 Å². The van der Waals surface area contributed by atoms with E-state index in [1.54, 1.807) is 30.8 Å². The first-order valence-corrected chi connectivity index (χ1v) is 4.04. The maximum Gasteiger partial charge on any atom is 0.258 e. The Balaban J connectivity index is 3.24. The van der Waals surface area contributed by atoms with E-state index in [1.807, 2.05) is 0 Å². The van der Waals surface area contributed by atoms with Crippen molar-refractivity contribution in [1.29, 1.82) is 5.41 Å². The van der Waals surface area contributed by atoms with Gasteiger partial charge in [0.25, 0.3) is 5.91 Å². The lowest BCUT2D eigenvalue weighted by Gasteiger charge is -2.04. The summed E-state index contributed by atoms with van der Waals surface area (Å²) in [6.07, 6.45) is 4.20. The summed E-state index contributed by atoms with van der Waals surface area (Å²) in [7, 11) is 1.75. The Morgan fingerprint density at radius 3 is 2.79 bits per heavy atom. The van der Waals surface area contributed by atoms with Crippen LogP contribution in [0, 0.1) is 5.41 Å². The summed E-state index contributed by atoms with van der Waals surface area (Å²) in [5.74, 6) is -0.124. The first kappa shape index (κ1) is 10.1. The zero-order chi connectivity index (χ0) is 10.6. The molecule has 0 fully saturated rings. The second kappa shape index (κ2) is 4.33. The molecule has 1 aromatic rings. The van der Waals surface area contributed by atoms with Crippen LogP contribution in [-0.4, -0.2) is 28.9 Å². The molecule has 1 aromatic heterocycles. The van der Waals surface area contributed by atoms with E-state index in [0.717, 1.165) is 6.21 Å². The normalized spacial score (nSPS) is 12.1. The molecule has 6 heteroatoms. The van der Waals surface area contributed by atoms with Gasteiger partial charge in [-0.25, -0.2) is 0 Å². The molecule has 14 heavy (non-hydrogen) atoms. The SMILES string of the molecule is C[NH2+]C(=C(C=N)C(N)=O)n1cccn1. The highest BCUT2D eigenvalue weighted by Crippen LogP contribution is 1.99. The van der Waals surface area contributed by atoms with Gasteiger partial charge in [-0.05, 0) is 6.07 Å². The molecule has 1 heterocycles. The van der Waals surface area contributed by atoms with Crippen molar-refractivity contribution in [1.82, 2.24) is 9.78 Å². The minimum absolute atomic E-state index is 0.135. The van der Waals surface area contributed by atoms with Gasteiger partial charge in [0, 0.05) is 18.6 Å². The second-order valence-corrected chi connectivity index (χ2v) is 2.55. The molecule has 0 radical (unpaired) electrons. The zero-order valence-corrected chi connectivity index (χ0v) is 7.77. The van der Waals surface area contributed by atoms with E-state index in [-0.39, 0.29) is 5.57 Å². The third kappa shape index (κ3) is 1.86. The molecule has 0 saturated heterocycles. The maximum absolute atomic E-state index is 11.0. The Hall–Kier alpha value is -1.95. The van der Waals surface area contributed by atoms with E-state index in [4.69, 9.17) is 11.1 Å². The van der Waals surface area contributed by atoms with Gasteiger partial charge in [0.15, 0.2) is 0 Å². The van der Waals surface area contributed by atoms with Gasteiger partial charge in [-0.1, -0.05) is 0 Å². The third-order valence-corrected chi connectivity index (χ3v) is 1.71. The van der Waals surface area contributed by atoms with Crippen molar-refractivity contribution in [2.75, 3.05) is 7.05 Å². The Morgan fingerprint density at radius 2 is 2.43 bits per heavy atom. The number of nitrogens with one attached hydrogen (secondary N) is 1. The molecule has 0 spiro atoms. The molecule has 0 bridgehead atoms. The quantitative estimate of drug-likeness (QED) is 0.396. The van der Waals surface area contributed by atoms with Gasteiger partial charge in [0.05, 0.1) is 7.05 Å². The smallest absolute Gasteiger partial charge is 0.258 e. The molecule has 74 valence electrons. The standard InChI is InChI=1S/C8H11N5O/c1-11-8(6(5-9)7(10)14)13-4-2-3-12-13/h2-5,9,11H,1H3,(H2,10,14)/p+1. The van der Waals surface area contributed by atoms with Crippen LogP contribution in [0.5, 0.6) is 0 Å². The molecule has 0 saturated carbocycles. The fourth-order valence-corrected chi connectivity index (χ4v) is 1.09. The molecule has 0 aliphatic heterocycles. The number of hydrogen-bond donors (Lipinski definition) is 3. The molecule has 6 nitrogen and oxygen atoms in total. The van der Waals surface area contributed by atoms with E-state index in [2.05, 4.69) is 5.10 Å². The minimum atomic E-state index is -0.636. The van der Waals surface area contributed by atoms with Gasteiger partial charge in [0.1, 0.15) is 5.57 Å². The number of carbonyl (C=O) groups excluding carboxylic acids is 1. The van der Waals surface area contributed by atoms with Gasteiger partial charge in [0.2, 0.25) is 5.82 Å². The van der Waals surface area contributed by atoms with Crippen LogP contribution in [-0.2, 0) is 4.79 Å².